The normalized spacial score (nSPS) is 20.3. The van der Waals surface area contributed by atoms with Crippen LogP contribution >= 0.6 is 15.9 Å². The number of benzene rings is 2. The van der Waals surface area contributed by atoms with E-state index in [1.54, 1.807) is 45.2 Å². The second-order valence-electron chi connectivity index (χ2n) is 9.83. The summed E-state index contributed by atoms with van der Waals surface area (Å²) in [7, 11) is 1.60. The number of ether oxygens (including phenoxy) is 1. The molecule has 2 aliphatic rings. The summed E-state index contributed by atoms with van der Waals surface area (Å²) in [6.45, 7) is 6.87. The van der Waals surface area contributed by atoms with Crippen molar-refractivity contribution in [1.29, 1.82) is 0 Å². The van der Waals surface area contributed by atoms with Crippen molar-refractivity contribution in [2.75, 3.05) is 38.7 Å². The lowest BCUT2D eigenvalue weighted by molar-refractivity contribution is -0.138. The molecule has 198 valence electrons. The fourth-order valence-electron chi connectivity index (χ4n) is 4.90. The van der Waals surface area contributed by atoms with E-state index in [-0.39, 0.29) is 29.6 Å². The van der Waals surface area contributed by atoms with E-state index < -0.39 is 0 Å². The SMILES string of the molecule is COc1ccc(C(=O)N2CCN(Cc3cc(NN4C(=O)C(C)C(C)C4=O)nc4cc(Br)ccc34)CC2)cc1. The van der Waals surface area contributed by atoms with Gasteiger partial charge < -0.3 is 9.64 Å². The van der Waals surface area contributed by atoms with Crippen molar-refractivity contribution in [3.05, 3.63) is 64.1 Å². The van der Waals surface area contributed by atoms with E-state index in [0.717, 1.165) is 44.8 Å². The molecular formula is C28H30BrN5O4. The molecule has 1 aromatic heterocycles. The van der Waals surface area contributed by atoms with Crippen LogP contribution in [0, 0.1) is 11.8 Å². The number of carbonyl (C=O) groups excluding carboxylic acids is 3. The first-order chi connectivity index (χ1) is 18.2. The molecular weight excluding hydrogens is 550 g/mol. The Morgan fingerprint density at radius 2 is 1.66 bits per heavy atom. The van der Waals surface area contributed by atoms with Gasteiger partial charge in [-0.15, -0.1) is 0 Å². The first-order valence-electron chi connectivity index (χ1n) is 12.6. The highest BCUT2D eigenvalue weighted by Crippen LogP contribution is 2.29. The number of fused-ring (bicyclic) bond motifs is 1. The summed E-state index contributed by atoms with van der Waals surface area (Å²) >= 11 is 3.52. The molecule has 0 radical (unpaired) electrons. The van der Waals surface area contributed by atoms with E-state index in [0.29, 0.717) is 31.0 Å². The van der Waals surface area contributed by atoms with Crippen molar-refractivity contribution in [2.45, 2.75) is 20.4 Å². The minimum Gasteiger partial charge on any atom is -0.497 e. The molecule has 10 heteroatoms. The quantitative estimate of drug-likeness (QED) is 0.442. The van der Waals surface area contributed by atoms with Gasteiger partial charge in [0, 0.05) is 60.0 Å². The molecule has 0 aliphatic carbocycles. The number of pyridine rings is 1. The van der Waals surface area contributed by atoms with Gasteiger partial charge in [-0.1, -0.05) is 35.8 Å². The van der Waals surface area contributed by atoms with Crippen LogP contribution in [0.3, 0.4) is 0 Å². The standard InChI is InChI=1S/C28H30BrN5O4/c1-17-18(2)27(36)34(26(17)35)31-25-14-20(23-9-6-21(29)15-24(23)30-25)16-32-10-12-33(13-11-32)28(37)19-4-7-22(38-3)8-5-19/h4-9,14-15,17-18H,10-13,16H2,1-3H3,(H,30,31). The van der Waals surface area contributed by atoms with Crippen molar-refractivity contribution >= 4 is 50.4 Å². The summed E-state index contributed by atoms with van der Waals surface area (Å²) in [6.07, 6.45) is 0. The van der Waals surface area contributed by atoms with Gasteiger partial charge in [-0.3, -0.25) is 24.7 Å². The zero-order valence-corrected chi connectivity index (χ0v) is 23.2. The number of nitrogens with zero attached hydrogens (tertiary/aromatic N) is 4. The van der Waals surface area contributed by atoms with E-state index in [9.17, 15) is 14.4 Å². The Labute approximate surface area is 229 Å². The second-order valence-corrected chi connectivity index (χ2v) is 10.7. The van der Waals surface area contributed by atoms with Gasteiger partial charge in [0.15, 0.2) is 0 Å². The lowest BCUT2D eigenvalue weighted by Crippen LogP contribution is -2.48. The second kappa shape index (κ2) is 10.7. The summed E-state index contributed by atoms with van der Waals surface area (Å²) in [5, 5.41) is 2.09. The molecule has 2 aromatic carbocycles. The highest BCUT2D eigenvalue weighted by atomic mass is 79.9. The topological polar surface area (TPSA) is 95.1 Å². The Morgan fingerprint density at radius 3 is 2.29 bits per heavy atom. The lowest BCUT2D eigenvalue weighted by Gasteiger charge is -2.35. The van der Waals surface area contributed by atoms with Crippen molar-refractivity contribution in [3.8, 4) is 5.75 Å². The van der Waals surface area contributed by atoms with Crippen LogP contribution in [0.4, 0.5) is 5.82 Å². The van der Waals surface area contributed by atoms with Crippen LogP contribution < -0.4 is 10.2 Å². The third-order valence-electron chi connectivity index (χ3n) is 7.44. The van der Waals surface area contributed by atoms with Gasteiger partial charge in [0.1, 0.15) is 11.6 Å². The van der Waals surface area contributed by atoms with Gasteiger partial charge in [-0.05, 0) is 48.0 Å². The molecule has 2 unspecified atom stereocenters. The first-order valence-corrected chi connectivity index (χ1v) is 13.4. The van der Waals surface area contributed by atoms with Crippen LogP contribution in [-0.2, 0) is 16.1 Å². The fourth-order valence-corrected chi connectivity index (χ4v) is 5.25. The van der Waals surface area contributed by atoms with Crippen LogP contribution in [0.1, 0.15) is 29.8 Å². The van der Waals surface area contributed by atoms with Gasteiger partial charge >= 0.3 is 0 Å². The molecule has 2 aliphatic heterocycles. The smallest absolute Gasteiger partial charge is 0.253 e. The number of nitrogens with one attached hydrogen (secondary N) is 1. The molecule has 1 N–H and O–H groups in total. The zero-order valence-electron chi connectivity index (χ0n) is 21.6. The number of amides is 3. The number of imide groups is 1. The molecule has 5 rings (SSSR count). The van der Waals surface area contributed by atoms with Gasteiger partial charge in [0.2, 0.25) is 0 Å². The van der Waals surface area contributed by atoms with Crippen molar-refractivity contribution in [3.63, 3.8) is 0 Å². The third kappa shape index (κ3) is 5.10. The first kappa shape index (κ1) is 26.1. The van der Waals surface area contributed by atoms with Gasteiger partial charge in [0.05, 0.1) is 12.6 Å². The number of halogens is 1. The maximum Gasteiger partial charge on any atom is 0.253 e. The molecule has 38 heavy (non-hydrogen) atoms. The van der Waals surface area contributed by atoms with Crippen LogP contribution in [-0.4, -0.2) is 70.8 Å². The maximum absolute atomic E-state index is 13.0. The number of hydrogen-bond donors (Lipinski definition) is 1. The minimum absolute atomic E-state index is 0.0152. The van der Waals surface area contributed by atoms with E-state index in [4.69, 9.17) is 4.74 Å². The Balaban J connectivity index is 1.32. The molecule has 9 nitrogen and oxygen atoms in total. The Bertz CT molecular complexity index is 1370. The minimum atomic E-state index is -0.374. The lowest BCUT2D eigenvalue weighted by atomic mass is 10.00. The number of rotatable bonds is 6. The molecule has 0 spiro atoms. The molecule has 3 amide bonds. The number of piperazine rings is 1. The van der Waals surface area contributed by atoms with E-state index in [2.05, 4.69) is 31.2 Å². The number of aromatic nitrogens is 1. The van der Waals surface area contributed by atoms with Crippen LogP contribution in [0.25, 0.3) is 10.9 Å². The molecule has 3 aromatic rings. The summed E-state index contributed by atoms with van der Waals surface area (Å²) in [5.41, 5.74) is 5.40. The number of hydrogen-bond acceptors (Lipinski definition) is 7. The third-order valence-corrected chi connectivity index (χ3v) is 7.94. The van der Waals surface area contributed by atoms with E-state index in [1.165, 1.54) is 0 Å². The Kier molecular flexibility index (Phi) is 7.36. The molecule has 2 atom stereocenters. The Morgan fingerprint density at radius 1 is 1.00 bits per heavy atom. The molecule has 2 fully saturated rings. The highest BCUT2D eigenvalue weighted by Gasteiger charge is 2.43. The van der Waals surface area contributed by atoms with E-state index in [1.807, 2.05) is 29.2 Å². The molecule has 2 saturated heterocycles. The summed E-state index contributed by atoms with van der Waals surface area (Å²) < 4.78 is 6.08. The predicted octanol–water partition coefficient (Wildman–Crippen LogP) is 3.93. The zero-order chi connectivity index (χ0) is 27.0. The Hall–Kier alpha value is -3.50. The van der Waals surface area contributed by atoms with Gasteiger partial charge in [-0.2, -0.15) is 5.01 Å². The van der Waals surface area contributed by atoms with Crippen LogP contribution in [0.5, 0.6) is 5.75 Å². The van der Waals surface area contributed by atoms with E-state index >= 15 is 0 Å². The number of hydrazine groups is 1. The van der Waals surface area contributed by atoms with Crippen molar-refractivity contribution in [1.82, 2.24) is 19.8 Å². The average molecular weight is 580 g/mol. The average Bonchev–Trinajstić information content (AvgIpc) is 3.11. The number of carbonyl (C=O) groups is 3. The number of anilines is 1. The van der Waals surface area contributed by atoms with Crippen LogP contribution in [0.15, 0.2) is 53.0 Å². The largest absolute Gasteiger partial charge is 0.497 e. The summed E-state index contributed by atoms with van der Waals surface area (Å²) in [4.78, 5) is 47.1. The van der Waals surface area contributed by atoms with Crippen LogP contribution in [0.2, 0.25) is 0 Å². The monoisotopic (exact) mass is 579 g/mol. The molecule has 0 bridgehead atoms. The predicted molar refractivity (Wildman–Crippen MR) is 147 cm³/mol. The van der Waals surface area contributed by atoms with Gasteiger partial charge in [0.25, 0.3) is 17.7 Å². The van der Waals surface area contributed by atoms with Crippen molar-refractivity contribution in [2.24, 2.45) is 11.8 Å². The highest BCUT2D eigenvalue weighted by molar-refractivity contribution is 9.10. The maximum atomic E-state index is 13.0. The number of methoxy groups -OCH3 is 1. The summed E-state index contributed by atoms with van der Waals surface area (Å²) in [5.74, 6) is -0.0692. The fraction of sp³-hybridized carbons (Fsp3) is 0.357. The molecule has 3 heterocycles. The van der Waals surface area contributed by atoms with Crippen molar-refractivity contribution < 1.29 is 19.1 Å². The van der Waals surface area contributed by atoms with Gasteiger partial charge in [-0.25, -0.2) is 4.98 Å². The summed E-state index contributed by atoms with van der Waals surface area (Å²) in [6, 6.07) is 15.0. The molecule has 0 saturated carbocycles.